The van der Waals surface area contributed by atoms with Crippen molar-refractivity contribution in [2.45, 2.75) is 0 Å². The number of nitrogens with one attached hydrogen (secondary N) is 2. The van der Waals surface area contributed by atoms with Crippen molar-refractivity contribution in [3.05, 3.63) is 50.8 Å². The second kappa shape index (κ2) is 4.64. The quantitative estimate of drug-likeness (QED) is 0.704. The van der Waals surface area contributed by atoms with Crippen molar-refractivity contribution in [3.8, 4) is 20.3 Å². The number of hydrogen-bond donors (Lipinski definition) is 2. The van der Waals surface area contributed by atoms with Crippen LogP contribution in [0.3, 0.4) is 0 Å². The number of H-pyrrole nitrogens is 2. The van der Waals surface area contributed by atoms with Crippen LogP contribution in [0.1, 0.15) is 0 Å². The van der Waals surface area contributed by atoms with Gasteiger partial charge in [-0.15, -0.1) is 22.7 Å². The number of aromatic nitrogens is 2. The second-order valence-electron chi connectivity index (χ2n) is 3.64. The van der Waals surface area contributed by atoms with Crippen LogP contribution in [0.5, 0.6) is 0 Å². The van der Waals surface area contributed by atoms with E-state index in [0.29, 0.717) is 4.77 Å². The third-order valence-electron chi connectivity index (χ3n) is 2.40. The molecule has 0 spiro atoms. The lowest BCUT2D eigenvalue weighted by molar-refractivity contribution is 1.10. The zero-order valence-electron chi connectivity index (χ0n) is 9.10. The highest BCUT2D eigenvalue weighted by atomic mass is 32.1. The van der Waals surface area contributed by atoms with Crippen molar-refractivity contribution in [3.63, 3.8) is 0 Å². The molecule has 3 heterocycles. The Kier molecular flexibility index (Phi) is 2.99. The standard InChI is InChI=1S/C12H8N2OS3/c15-11-6-7(13-12(16)14-11)8-3-4-10(18-8)9-2-1-5-17-9/h1-6H,(H2,13,14,15,16). The van der Waals surface area contributed by atoms with Crippen molar-refractivity contribution in [2.24, 2.45) is 0 Å². The molecule has 0 unspecified atom stereocenters. The van der Waals surface area contributed by atoms with Crippen LogP contribution in [0.25, 0.3) is 20.3 Å². The minimum absolute atomic E-state index is 0.181. The van der Waals surface area contributed by atoms with E-state index in [0.717, 1.165) is 10.6 Å². The van der Waals surface area contributed by atoms with Crippen molar-refractivity contribution >= 4 is 34.9 Å². The summed E-state index contributed by atoms with van der Waals surface area (Å²) in [5, 5.41) is 2.05. The first-order valence-corrected chi connectivity index (χ1v) is 7.30. The van der Waals surface area contributed by atoms with Gasteiger partial charge in [-0.05, 0) is 35.8 Å². The molecule has 0 bridgehead atoms. The lowest BCUT2D eigenvalue weighted by Crippen LogP contribution is -2.05. The molecular weight excluding hydrogens is 284 g/mol. The molecule has 3 nitrogen and oxygen atoms in total. The van der Waals surface area contributed by atoms with Gasteiger partial charge in [-0.25, -0.2) is 0 Å². The Labute approximate surface area is 116 Å². The van der Waals surface area contributed by atoms with E-state index in [1.165, 1.54) is 15.8 Å². The van der Waals surface area contributed by atoms with Crippen molar-refractivity contribution in [2.75, 3.05) is 0 Å². The largest absolute Gasteiger partial charge is 0.331 e. The van der Waals surface area contributed by atoms with Gasteiger partial charge in [0.1, 0.15) is 0 Å². The summed E-state index contributed by atoms with van der Waals surface area (Å²) < 4.78 is 0.351. The van der Waals surface area contributed by atoms with Crippen molar-refractivity contribution < 1.29 is 0 Å². The van der Waals surface area contributed by atoms with E-state index >= 15 is 0 Å². The van der Waals surface area contributed by atoms with E-state index in [-0.39, 0.29) is 5.56 Å². The first-order chi connectivity index (χ1) is 8.72. The Balaban J connectivity index is 2.08. The van der Waals surface area contributed by atoms with E-state index in [1.54, 1.807) is 22.7 Å². The van der Waals surface area contributed by atoms with Gasteiger partial charge in [0.05, 0.1) is 10.6 Å². The smallest absolute Gasteiger partial charge is 0.252 e. The van der Waals surface area contributed by atoms with Gasteiger partial charge in [-0.3, -0.25) is 9.78 Å². The third-order valence-corrected chi connectivity index (χ3v) is 4.78. The number of aromatic amines is 2. The molecular formula is C12H8N2OS3. The molecule has 0 radical (unpaired) electrons. The minimum Gasteiger partial charge on any atom is -0.331 e. The maximum atomic E-state index is 11.4. The van der Waals surface area contributed by atoms with Gasteiger partial charge in [0.15, 0.2) is 4.77 Å². The van der Waals surface area contributed by atoms with Crippen LogP contribution >= 0.6 is 34.9 Å². The van der Waals surface area contributed by atoms with Crippen LogP contribution in [0.2, 0.25) is 0 Å². The highest BCUT2D eigenvalue weighted by molar-refractivity contribution is 7.71. The summed E-state index contributed by atoms with van der Waals surface area (Å²) in [4.78, 5) is 20.3. The van der Waals surface area contributed by atoms with Crippen LogP contribution in [0.15, 0.2) is 40.5 Å². The van der Waals surface area contributed by atoms with Gasteiger partial charge in [0.25, 0.3) is 5.56 Å². The van der Waals surface area contributed by atoms with Gasteiger partial charge in [-0.2, -0.15) is 0 Å². The summed E-state index contributed by atoms with van der Waals surface area (Å²) in [6, 6.07) is 9.70. The van der Waals surface area contributed by atoms with Gasteiger partial charge in [-0.1, -0.05) is 6.07 Å². The molecule has 0 amide bonds. The SMILES string of the molecule is O=c1cc(-c2ccc(-c3cccs3)s2)[nH]c(=S)[nH]1. The number of thiophene rings is 2. The Hall–Kier alpha value is -1.50. The minimum atomic E-state index is -0.181. The summed E-state index contributed by atoms with van der Waals surface area (Å²) >= 11 is 8.31. The predicted octanol–water partition coefficient (Wildman–Crippen LogP) is 3.89. The summed E-state index contributed by atoms with van der Waals surface area (Å²) in [5.41, 5.74) is 0.580. The fourth-order valence-electron chi connectivity index (χ4n) is 1.64. The Morgan fingerprint density at radius 1 is 1.06 bits per heavy atom. The average molecular weight is 292 g/mol. The van der Waals surface area contributed by atoms with Gasteiger partial charge in [0.2, 0.25) is 0 Å². The molecule has 0 saturated carbocycles. The van der Waals surface area contributed by atoms with E-state index < -0.39 is 0 Å². The second-order valence-corrected chi connectivity index (χ2v) is 6.08. The normalized spacial score (nSPS) is 10.7. The van der Waals surface area contributed by atoms with Crippen LogP contribution in [-0.2, 0) is 0 Å². The van der Waals surface area contributed by atoms with Gasteiger partial charge >= 0.3 is 0 Å². The molecule has 3 aromatic rings. The molecule has 0 aromatic carbocycles. The molecule has 3 aromatic heterocycles. The molecule has 3 rings (SSSR count). The number of rotatable bonds is 2. The molecule has 0 aliphatic heterocycles. The zero-order chi connectivity index (χ0) is 12.5. The van der Waals surface area contributed by atoms with Gasteiger partial charge in [0, 0.05) is 15.8 Å². The van der Waals surface area contributed by atoms with E-state index in [1.807, 2.05) is 12.1 Å². The Morgan fingerprint density at radius 3 is 2.61 bits per heavy atom. The molecule has 0 saturated heterocycles. The first kappa shape index (κ1) is 11.6. The van der Waals surface area contributed by atoms with Crippen molar-refractivity contribution in [1.82, 2.24) is 9.97 Å². The molecule has 0 aliphatic rings. The fourth-order valence-corrected chi connectivity index (χ4v) is 3.66. The molecule has 6 heteroatoms. The lowest BCUT2D eigenvalue weighted by atomic mass is 10.3. The molecule has 0 aliphatic carbocycles. The van der Waals surface area contributed by atoms with Crippen LogP contribution in [-0.4, -0.2) is 9.97 Å². The summed E-state index contributed by atoms with van der Waals surface area (Å²) in [7, 11) is 0. The van der Waals surface area contributed by atoms with E-state index in [4.69, 9.17) is 12.2 Å². The lowest BCUT2D eigenvalue weighted by Gasteiger charge is -1.96. The topological polar surface area (TPSA) is 48.6 Å². The van der Waals surface area contributed by atoms with Crippen LogP contribution in [0, 0.1) is 4.77 Å². The fraction of sp³-hybridized carbons (Fsp3) is 0. The molecule has 0 fully saturated rings. The van der Waals surface area contributed by atoms with Crippen LogP contribution < -0.4 is 5.56 Å². The van der Waals surface area contributed by atoms with Crippen LogP contribution in [0.4, 0.5) is 0 Å². The Morgan fingerprint density at radius 2 is 1.89 bits per heavy atom. The zero-order valence-corrected chi connectivity index (χ0v) is 11.5. The summed E-state index contributed by atoms with van der Waals surface area (Å²) in [6.45, 7) is 0. The molecule has 0 atom stereocenters. The van der Waals surface area contributed by atoms with E-state index in [2.05, 4.69) is 27.5 Å². The predicted molar refractivity (Wildman–Crippen MR) is 78.9 cm³/mol. The average Bonchev–Trinajstić information content (AvgIpc) is 2.99. The first-order valence-electron chi connectivity index (χ1n) is 5.20. The monoisotopic (exact) mass is 292 g/mol. The third kappa shape index (κ3) is 2.22. The summed E-state index contributed by atoms with van der Waals surface area (Å²) in [5.74, 6) is 0. The summed E-state index contributed by atoms with van der Waals surface area (Å²) in [6.07, 6.45) is 0. The highest BCUT2D eigenvalue weighted by Gasteiger charge is 2.06. The maximum Gasteiger partial charge on any atom is 0.252 e. The van der Waals surface area contributed by atoms with Crippen molar-refractivity contribution in [1.29, 1.82) is 0 Å². The molecule has 18 heavy (non-hydrogen) atoms. The van der Waals surface area contributed by atoms with E-state index in [9.17, 15) is 4.79 Å². The molecule has 90 valence electrons. The van der Waals surface area contributed by atoms with Gasteiger partial charge < -0.3 is 4.98 Å². The number of hydrogen-bond acceptors (Lipinski definition) is 4. The maximum absolute atomic E-state index is 11.4. The Bertz CT molecular complexity index is 752. The highest BCUT2D eigenvalue weighted by Crippen LogP contribution is 2.35. The molecule has 2 N–H and O–H groups in total.